The summed E-state index contributed by atoms with van der Waals surface area (Å²) in [6.07, 6.45) is -0.898. The minimum absolute atomic E-state index is 0.00599. The number of unbranched alkanes of at least 4 members (excludes halogenated alkanes) is 1. The number of hydrogen-bond acceptors (Lipinski definition) is 8. The van der Waals surface area contributed by atoms with Gasteiger partial charge in [-0.05, 0) is 55.7 Å². The fourth-order valence-electron chi connectivity index (χ4n) is 3.35. The maximum Gasteiger partial charge on any atom is 0.413 e. The summed E-state index contributed by atoms with van der Waals surface area (Å²) in [5, 5.41) is 7.64. The van der Waals surface area contributed by atoms with Crippen LogP contribution in [0.1, 0.15) is 19.3 Å². The lowest BCUT2D eigenvalue weighted by atomic mass is 10.1. The Morgan fingerprint density at radius 1 is 0.575 bits per heavy atom. The van der Waals surface area contributed by atoms with E-state index in [4.69, 9.17) is 18.9 Å². The normalized spacial score (nSPS) is 10.9. The van der Waals surface area contributed by atoms with Crippen molar-refractivity contribution in [3.05, 3.63) is 91.0 Å². The van der Waals surface area contributed by atoms with Gasteiger partial charge in [-0.3, -0.25) is 0 Å². The Morgan fingerprint density at radius 3 is 1.52 bits per heavy atom. The second-order valence-electron chi connectivity index (χ2n) is 8.32. The van der Waals surface area contributed by atoms with Crippen LogP contribution in [0.3, 0.4) is 0 Å². The number of rotatable bonds is 13. The quantitative estimate of drug-likeness (QED) is 0.210. The van der Waals surface area contributed by atoms with E-state index in [2.05, 4.69) is 16.0 Å². The molecule has 11 heteroatoms. The second kappa shape index (κ2) is 16.7. The molecule has 0 aliphatic carbocycles. The molecule has 3 rings (SSSR count). The van der Waals surface area contributed by atoms with Crippen molar-refractivity contribution in [3.8, 4) is 17.2 Å². The molecule has 0 aliphatic heterocycles. The maximum atomic E-state index is 12.7. The highest BCUT2D eigenvalue weighted by atomic mass is 16.6. The van der Waals surface area contributed by atoms with Crippen LogP contribution in [0.25, 0.3) is 0 Å². The highest BCUT2D eigenvalue weighted by Gasteiger charge is 2.23. The smallest absolute Gasteiger partial charge is 0.413 e. The van der Waals surface area contributed by atoms with E-state index >= 15 is 0 Å². The third kappa shape index (κ3) is 11.5. The molecule has 11 nitrogen and oxygen atoms in total. The van der Waals surface area contributed by atoms with Crippen LogP contribution in [-0.4, -0.2) is 50.0 Å². The first kappa shape index (κ1) is 29.5. The van der Waals surface area contributed by atoms with Crippen molar-refractivity contribution in [2.45, 2.75) is 25.3 Å². The molecule has 0 heterocycles. The van der Waals surface area contributed by atoms with Crippen molar-refractivity contribution < 1.29 is 38.1 Å². The average Bonchev–Trinajstić information content (AvgIpc) is 2.96. The molecule has 0 spiro atoms. The summed E-state index contributed by atoms with van der Waals surface area (Å²) in [4.78, 5) is 48.9. The third-order valence-corrected chi connectivity index (χ3v) is 5.24. The lowest BCUT2D eigenvalue weighted by Crippen LogP contribution is -2.44. The Labute approximate surface area is 231 Å². The van der Waals surface area contributed by atoms with Crippen molar-refractivity contribution in [1.82, 2.24) is 16.0 Å². The summed E-state index contributed by atoms with van der Waals surface area (Å²) >= 11 is 0. The number of carbonyl (C=O) groups is 4. The molecule has 0 radical (unpaired) electrons. The van der Waals surface area contributed by atoms with Crippen LogP contribution in [0.2, 0.25) is 0 Å². The van der Waals surface area contributed by atoms with E-state index in [9.17, 15) is 19.2 Å². The van der Waals surface area contributed by atoms with Crippen molar-refractivity contribution in [2.24, 2.45) is 0 Å². The SMILES string of the molecule is O=C(NCCCC[C@H](NC(=O)Oc1ccccc1)C(=O)OCCNC(=O)Oc1ccccc1)Oc1ccccc1. The number of ether oxygens (including phenoxy) is 4. The Morgan fingerprint density at radius 2 is 1.02 bits per heavy atom. The number of nitrogens with one attached hydrogen (secondary N) is 3. The second-order valence-corrected chi connectivity index (χ2v) is 8.32. The molecule has 3 amide bonds. The van der Waals surface area contributed by atoms with Gasteiger partial charge in [0.15, 0.2) is 0 Å². The van der Waals surface area contributed by atoms with Crippen LogP contribution < -0.4 is 30.2 Å². The van der Waals surface area contributed by atoms with Crippen LogP contribution in [0.15, 0.2) is 91.0 Å². The highest BCUT2D eigenvalue weighted by molar-refractivity contribution is 5.82. The van der Waals surface area contributed by atoms with Gasteiger partial charge in [0.2, 0.25) is 0 Å². The van der Waals surface area contributed by atoms with Crippen LogP contribution >= 0.6 is 0 Å². The number of benzene rings is 3. The highest BCUT2D eigenvalue weighted by Crippen LogP contribution is 2.11. The number of amides is 3. The first-order valence-electron chi connectivity index (χ1n) is 12.7. The first-order chi connectivity index (χ1) is 19.5. The zero-order chi connectivity index (χ0) is 28.4. The molecule has 0 saturated heterocycles. The standard InChI is InChI=1S/C29H31N3O8/c33-26(37-21-20-31-28(35)39-23-14-6-2-7-15-23)25(32-29(36)40-24-16-8-3-9-17-24)18-10-11-19-30-27(34)38-22-12-4-1-5-13-22/h1-9,12-17,25H,10-11,18-21H2,(H,30,34)(H,31,35)(H,32,36)/t25-/m0/s1. The molecule has 0 fully saturated rings. The predicted octanol–water partition coefficient (Wildman–Crippen LogP) is 4.43. The van der Waals surface area contributed by atoms with Gasteiger partial charge >= 0.3 is 24.2 Å². The molecule has 1 atom stereocenters. The first-order valence-corrected chi connectivity index (χ1v) is 12.7. The van der Waals surface area contributed by atoms with E-state index in [-0.39, 0.29) is 19.6 Å². The molecule has 0 unspecified atom stereocenters. The number of carbonyl (C=O) groups excluding carboxylic acids is 4. The third-order valence-electron chi connectivity index (χ3n) is 5.24. The molecule has 0 aliphatic rings. The molecule has 3 aromatic rings. The fraction of sp³-hybridized carbons (Fsp3) is 0.241. The lowest BCUT2D eigenvalue weighted by molar-refractivity contribution is -0.146. The Hall–Kier alpha value is -5.06. The van der Waals surface area contributed by atoms with Gasteiger partial charge in [0.25, 0.3) is 0 Å². The van der Waals surface area contributed by atoms with Gasteiger partial charge < -0.3 is 34.9 Å². The van der Waals surface area contributed by atoms with Crippen molar-refractivity contribution in [2.75, 3.05) is 19.7 Å². The van der Waals surface area contributed by atoms with Gasteiger partial charge in [0.05, 0.1) is 6.54 Å². The molecule has 0 bridgehead atoms. The Balaban J connectivity index is 1.41. The molecule has 0 saturated carbocycles. The van der Waals surface area contributed by atoms with Gasteiger partial charge in [-0.1, -0.05) is 54.6 Å². The molecule has 3 aromatic carbocycles. The summed E-state index contributed by atoms with van der Waals surface area (Å²) < 4.78 is 20.7. The molecular formula is C29H31N3O8. The summed E-state index contributed by atoms with van der Waals surface area (Å²) in [6.45, 7) is 0.170. The zero-order valence-corrected chi connectivity index (χ0v) is 21.7. The largest absolute Gasteiger partial charge is 0.462 e. The van der Waals surface area contributed by atoms with Crippen LogP contribution in [0.5, 0.6) is 17.2 Å². The van der Waals surface area contributed by atoms with Gasteiger partial charge in [0.1, 0.15) is 29.9 Å². The monoisotopic (exact) mass is 549 g/mol. The fourth-order valence-corrected chi connectivity index (χ4v) is 3.35. The molecule has 0 aromatic heterocycles. The van der Waals surface area contributed by atoms with Crippen LogP contribution in [-0.2, 0) is 9.53 Å². The topological polar surface area (TPSA) is 141 Å². The molecule has 40 heavy (non-hydrogen) atoms. The average molecular weight is 550 g/mol. The van der Waals surface area contributed by atoms with Crippen molar-refractivity contribution in [3.63, 3.8) is 0 Å². The molecule has 210 valence electrons. The van der Waals surface area contributed by atoms with E-state index in [1.807, 2.05) is 6.07 Å². The van der Waals surface area contributed by atoms with E-state index in [0.717, 1.165) is 0 Å². The van der Waals surface area contributed by atoms with E-state index in [0.29, 0.717) is 36.6 Å². The van der Waals surface area contributed by atoms with Crippen LogP contribution in [0, 0.1) is 0 Å². The van der Waals surface area contributed by atoms with Gasteiger partial charge in [0, 0.05) is 6.54 Å². The van der Waals surface area contributed by atoms with Crippen molar-refractivity contribution >= 4 is 24.2 Å². The molecule has 3 N–H and O–H groups in total. The summed E-state index contributed by atoms with van der Waals surface area (Å²) in [6, 6.07) is 24.6. The summed E-state index contributed by atoms with van der Waals surface area (Å²) in [5.41, 5.74) is 0. The van der Waals surface area contributed by atoms with E-state index < -0.39 is 30.3 Å². The molecular weight excluding hydrogens is 518 g/mol. The minimum Gasteiger partial charge on any atom is -0.462 e. The van der Waals surface area contributed by atoms with E-state index in [1.54, 1.807) is 84.9 Å². The number of para-hydroxylation sites is 3. The summed E-state index contributed by atoms with van der Waals surface area (Å²) in [5.74, 6) is 0.418. The van der Waals surface area contributed by atoms with E-state index in [1.165, 1.54) is 0 Å². The Kier molecular flexibility index (Phi) is 12.3. The van der Waals surface area contributed by atoms with Crippen molar-refractivity contribution in [1.29, 1.82) is 0 Å². The summed E-state index contributed by atoms with van der Waals surface area (Å²) in [7, 11) is 0. The van der Waals surface area contributed by atoms with Crippen LogP contribution in [0.4, 0.5) is 14.4 Å². The van der Waals surface area contributed by atoms with Gasteiger partial charge in [-0.2, -0.15) is 0 Å². The minimum atomic E-state index is -1.01. The zero-order valence-electron chi connectivity index (χ0n) is 21.7. The van der Waals surface area contributed by atoms with Gasteiger partial charge in [-0.15, -0.1) is 0 Å². The number of esters is 1. The Bertz CT molecular complexity index is 1210. The predicted molar refractivity (Wildman–Crippen MR) is 145 cm³/mol. The number of hydrogen-bond donors (Lipinski definition) is 3. The lowest BCUT2D eigenvalue weighted by Gasteiger charge is -2.18. The van der Waals surface area contributed by atoms with Gasteiger partial charge in [-0.25, -0.2) is 19.2 Å². The maximum absolute atomic E-state index is 12.7.